The van der Waals surface area contributed by atoms with Crippen LogP contribution in [0.15, 0.2) is 35.3 Å². The Morgan fingerprint density at radius 2 is 1.89 bits per heavy atom. The van der Waals surface area contributed by atoms with Gasteiger partial charge < -0.3 is 19.5 Å². The Balaban J connectivity index is 1.36. The van der Waals surface area contributed by atoms with Crippen LogP contribution in [0.25, 0.3) is 20.8 Å². The van der Waals surface area contributed by atoms with Gasteiger partial charge in [-0.2, -0.15) is 0 Å². The zero-order valence-corrected chi connectivity index (χ0v) is 20.5. The molecule has 1 aliphatic rings. The van der Waals surface area contributed by atoms with Gasteiger partial charge in [0.1, 0.15) is 11.4 Å². The number of aryl methyl sites for hydroxylation is 1. The lowest BCUT2D eigenvalue weighted by Crippen LogP contribution is -2.46. The van der Waals surface area contributed by atoms with E-state index < -0.39 is 27.7 Å². The van der Waals surface area contributed by atoms with Crippen molar-refractivity contribution >= 4 is 55.4 Å². The Kier molecular flexibility index (Phi) is 6.14. The van der Waals surface area contributed by atoms with E-state index in [0.717, 1.165) is 17.4 Å². The van der Waals surface area contributed by atoms with Crippen LogP contribution in [-0.2, 0) is 6.54 Å². The van der Waals surface area contributed by atoms with Crippen molar-refractivity contribution < 1.29 is 19.2 Å². The number of aromatic nitrogens is 3. The molecule has 36 heavy (non-hydrogen) atoms. The third-order valence-electron chi connectivity index (χ3n) is 6.01. The molecule has 0 radical (unpaired) electrons. The lowest BCUT2D eigenvalue weighted by Gasteiger charge is -2.36. The summed E-state index contributed by atoms with van der Waals surface area (Å²) in [7, 11) is 0. The number of anilines is 2. The minimum absolute atomic E-state index is 0.0341. The molecule has 186 valence electrons. The molecule has 0 aliphatic carbocycles. The zero-order valence-electron chi connectivity index (χ0n) is 18.9. The van der Waals surface area contributed by atoms with Crippen molar-refractivity contribution in [1.82, 2.24) is 14.8 Å². The Labute approximate surface area is 210 Å². The van der Waals surface area contributed by atoms with Crippen LogP contribution in [0.1, 0.15) is 17.3 Å². The summed E-state index contributed by atoms with van der Waals surface area (Å²) >= 11 is 2.39. The second-order valence-electron chi connectivity index (χ2n) is 8.04. The molecule has 0 bridgehead atoms. The predicted octanol–water partition coefficient (Wildman–Crippen LogP) is 3.67. The summed E-state index contributed by atoms with van der Waals surface area (Å²) < 4.78 is 16.7. The highest BCUT2D eigenvalue weighted by molar-refractivity contribution is 7.24. The molecule has 1 saturated heterocycles. The standard InChI is InChI=1S/C22H19FN6O5S2/c1-2-26-11-13(21(31)32)19(30)12-9-14(23)16(10-15(12)26)27-5-7-28(8-6-27)22-25-24-20(36-22)17-3-4-18(35-17)29(33)34/h3-4,9-11H,2,5-8H2,1H3,(H,31,32). The van der Waals surface area contributed by atoms with Crippen molar-refractivity contribution in [1.29, 1.82) is 0 Å². The van der Waals surface area contributed by atoms with Crippen LogP contribution in [0, 0.1) is 15.9 Å². The number of nitrogens with zero attached hydrogens (tertiary/aromatic N) is 6. The van der Waals surface area contributed by atoms with Gasteiger partial charge in [0.2, 0.25) is 10.6 Å². The average Bonchev–Trinajstić information content (AvgIpc) is 3.54. The molecule has 4 aromatic rings. The third kappa shape index (κ3) is 4.18. The highest BCUT2D eigenvalue weighted by Crippen LogP contribution is 2.36. The molecule has 3 aromatic heterocycles. The monoisotopic (exact) mass is 530 g/mol. The Morgan fingerprint density at radius 1 is 1.17 bits per heavy atom. The number of thiophene rings is 1. The molecule has 5 rings (SSSR count). The van der Waals surface area contributed by atoms with Crippen molar-refractivity contribution in [3.63, 3.8) is 0 Å². The van der Waals surface area contributed by atoms with Gasteiger partial charge in [-0.1, -0.05) is 22.7 Å². The largest absolute Gasteiger partial charge is 0.477 e. The molecule has 1 aromatic carbocycles. The first kappa shape index (κ1) is 23.8. The number of nitro groups is 1. The van der Waals surface area contributed by atoms with Crippen molar-refractivity contribution in [2.45, 2.75) is 13.5 Å². The highest BCUT2D eigenvalue weighted by Gasteiger charge is 2.25. The third-order valence-corrected chi connectivity index (χ3v) is 8.20. The van der Waals surface area contributed by atoms with Gasteiger partial charge in [-0.3, -0.25) is 14.9 Å². The molecular formula is C22H19FN6O5S2. The van der Waals surface area contributed by atoms with Gasteiger partial charge in [0.15, 0.2) is 5.01 Å². The second kappa shape index (κ2) is 9.28. The fourth-order valence-electron chi connectivity index (χ4n) is 4.18. The molecule has 11 nitrogen and oxygen atoms in total. The topological polar surface area (TPSA) is 135 Å². The summed E-state index contributed by atoms with van der Waals surface area (Å²) in [5, 5.41) is 30.0. The van der Waals surface area contributed by atoms with Crippen molar-refractivity contribution in [3.8, 4) is 9.88 Å². The summed E-state index contributed by atoms with van der Waals surface area (Å²) in [6, 6.07) is 5.82. The van der Waals surface area contributed by atoms with Crippen LogP contribution in [0.3, 0.4) is 0 Å². The van der Waals surface area contributed by atoms with Gasteiger partial charge in [-0.15, -0.1) is 10.2 Å². The van der Waals surface area contributed by atoms with Crippen LogP contribution in [-0.4, -0.2) is 56.9 Å². The summed E-state index contributed by atoms with van der Waals surface area (Å²) in [4.78, 5) is 39.1. The Bertz CT molecular complexity index is 1560. The van der Waals surface area contributed by atoms with E-state index in [9.17, 15) is 24.8 Å². The number of carboxylic acids is 1. The summed E-state index contributed by atoms with van der Waals surface area (Å²) in [5.41, 5.74) is -0.278. The molecule has 0 atom stereocenters. The number of halogens is 1. The van der Waals surface area contributed by atoms with E-state index in [-0.39, 0.29) is 10.4 Å². The molecule has 4 heterocycles. The molecule has 0 saturated carbocycles. The lowest BCUT2D eigenvalue weighted by molar-refractivity contribution is -0.380. The van der Waals surface area contributed by atoms with Gasteiger partial charge in [-0.05, 0) is 25.1 Å². The normalized spacial score (nSPS) is 13.9. The molecule has 1 fully saturated rings. The number of piperazine rings is 1. The van der Waals surface area contributed by atoms with Crippen LogP contribution in [0.2, 0.25) is 0 Å². The molecule has 0 spiro atoms. The predicted molar refractivity (Wildman–Crippen MR) is 135 cm³/mol. The molecule has 1 aliphatic heterocycles. The highest BCUT2D eigenvalue weighted by atomic mass is 32.1. The quantitative estimate of drug-likeness (QED) is 0.293. The Morgan fingerprint density at radius 3 is 2.53 bits per heavy atom. The summed E-state index contributed by atoms with van der Waals surface area (Å²) in [6.45, 7) is 4.33. The second-order valence-corrected chi connectivity index (χ2v) is 10.1. The van der Waals surface area contributed by atoms with Gasteiger partial charge in [-0.25, -0.2) is 9.18 Å². The van der Waals surface area contributed by atoms with E-state index in [1.54, 1.807) is 16.7 Å². The number of pyridine rings is 1. The van der Waals surface area contributed by atoms with E-state index in [1.165, 1.54) is 23.6 Å². The fourth-order valence-corrected chi connectivity index (χ4v) is 5.94. The maximum Gasteiger partial charge on any atom is 0.341 e. The van der Waals surface area contributed by atoms with Crippen molar-refractivity contribution in [2.24, 2.45) is 0 Å². The molecular weight excluding hydrogens is 511 g/mol. The van der Waals surface area contributed by atoms with Crippen LogP contribution >= 0.6 is 22.7 Å². The number of carbonyl (C=O) groups is 1. The zero-order chi connectivity index (χ0) is 25.6. The molecule has 14 heteroatoms. The average molecular weight is 531 g/mol. The smallest absolute Gasteiger partial charge is 0.341 e. The molecule has 1 N–H and O–H groups in total. The Hall–Kier alpha value is -3.91. The maximum absolute atomic E-state index is 15.1. The number of hydrogen-bond donors (Lipinski definition) is 1. The minimum atomic E-state index is -1.35. The lowest BCUT2D eigenvalue weighted by atomic mass is 10.1. The summed E-state index contributed by atoms with van der Waals surface area (Å²) in [6.07, 6.45) is 1.29. The number of hydrogen-bond acceptors (Lipinski definition) is 10. The van der Waals surface area contributed by atoms with E-state index in [4.69, 9.17) is 0 Å². The van der Waals surface area contributed by atoms with Gasteiger partial charge in [0.25, 0.3) is 0 Å². The first-order chi connectivity index (χ1) is 17.3. The first-order valence-electron chi connectivity index (χ1n) is 10.9. The molecule has 0 unspecified atom stereocenters. The number of carboxylic acid groups (broad SMARTS) is 1. The first-order valence-corrected chi connectivity index (χ1v) is 12.6. The molecule has 0 amide bonds. The minimum Gasteiger partial charge on any atom is -0.477 e. The van der Waals surface area contributed by atoms with E-state index in [1.807, 2.05) is 16.7 Å². The van der Waals surface area contributed by atoms with E-state index in [2.05, 4.69) is 10.2 Å². The van der Waals surface area contributed by atoms with E-state index >= 15 is 4.39 Å². The number of aromatic carboxylic acids is 1. The van der Waals surface area contributed by atoms with Gasteiger partial charge >= 0.3 is 11.0 Å². The van der Waals surface area contributed by atoms with Crippen molar-refractivity contribution in [2.75, 3.05) is 36.0 Å². The van der Waals surface area contributed by atoms with E-state index in [0.29, 0.717) is 58.9 Å². The number of fused-ring (bicyclic) bond motifs is 1. The number of rotatable bonds is 6. The van der Waals surface area contributed by atoms with Crippen molar-refractivity contribution in [3.05, 3.63) is 62.2 Å². The summed E-state index contributed by atoms with van der Waals surface area (Å²) in [5.74, 6) is -1.93. The van der Waals surface area contributed by atoms with Gasteiger partial charge in [0.05, 0.1) is 21.0 Å². The van der Waals surface area contributed by atoms with Crippen LogP contribution in [0.5, 0.6) is 0 Å². The number of benzene rings is 1. The van der Waals surface area contributed by atoms with Crippen LogP contribution < -0.4 is 15.2 Å². The van der Waals surface area contributed by atoms with Crippen LogP contribution in [0.4, 0.5) is 20.2 Å². The van der Waals surface area contributed by atoms with Gasteiger partial charge in [0, 0.05) is 50.4 Å². The maximum atomic E-state index is 15.1. The SMILES string of the molecule is CCn1cc(C(=O)O)c(=O)c2cc(F)c(N3CCN(c4nnc(-c5ccc([N+](=O)[O-])s5)s4)CC3)cc21. The fraction of sp³-hybridized carbons (Fsp3) is 0.273.